The van der Waals surface area contributed by atoms with Gasteiger partial charge in [-0.2, -0.15) is 4.98 Å². The van der Waals surface area contributed by atoms with Gasteiger partial charge in [0.25, 0.3) is 0 Å². The van der Waals surface area contributed by atoms with Gasteiger partial charge in [0.15, 0.2) is 11.6 Å². The first kappa shape index (κ1) is 20.5. The molecule has 2 rings (SSSR count). The number of rotatable bonds is 9. The van der Waals surface area contributed by atoms with Gasteiger partial charge in [-0.1, -0.05) is 18.8 Å². The summed E-state index contributed by atoms with van der Waals surface area (Å²) < 4.78 is 18.5. The zero-order valence-electron chi connectivity index (χ0n) is 16.0. The van der Waals surface area contributed by atoms with E-state index in [0.717, 1.165) is 37.9 Å². The molecule has 0 spiro atoms. The number of methoxy groups -OCH3 is 1. The van der Waals surface area contributed by atoms with Crippen molar-refractivity contribution in [2.75, 3.05) is 37.9 Å². The summed E-state index contributed by atoms with van der Waals surface area (Å²) in [6.07, 6.45) is 4.47. The van der Waals surface area contributed by atoms with Gasteiger partial charge < -0.3 is 20.7 Å². The van der Waals surface area contributed by atoms with Crippen LogP contribution >= 0.6 is 0 Å². The lowest BCUT2D eigenvalue weighted by Gasteiger charge is -2.11. The molecule has 0 aliphatic rings. The van der Waals surface area contributed by atoms with Crippen molar-refractivity contribution in [3.05, 3.63) is 35.8 Å². The standard InChI is InChI=1S/C20H26FN5O/c1-4-11-23-19-15(8-6-5-7-12-22-2)14-24-20(26-19)25-16-9-10-17(21)18(13-16)27-3/h9-10,13-14,22H,4-5,7,11-12H2,1-3H3,(H2,23,24,25,26). The minimum absolute atomic E-state index is 0.161. The Hall–Kier alpha value is -2.85. The maximum Gasteiger partial charge on any atom is 0.229 e. The van der Waals surface area contributed by atoms with Gasteiger partial charge >= 0.3 is 0 Å². The highest BCUT2D eigenvalue weighted by Gasteiger charge is 2.08. The van der Waals surface area contributed by atoms with E-state index in [9.17, 15) is 4.39 Å². The van der Waals surface area contributed by atoms with E-state index in [4.69, 9.17) is 4.74 Å². The number of unbranched alkanes of at least 4 members (excludes halogenated alkanes) is 1. The SMILES string of the molecule is CCCNc1nc(Nc2ccc(F)c(OC)c2)ncc1C#CCCCNC. The van der Waals surface area contributed by atoms with Crippen molar-refractivity contribution in [2.45, 2.75) is 26.2 Å². The molecule has 1 heterocycles. The molecule has 1 aromatic carbocycles. The van der Waals surface area contributed by atoms with Gasteiger partial charge in [-0.05, 0) is 38.6 Å². The van der Waals surface area contributed by atoms with Crippen molar-refractivity contribution < 1.29 is 9.13 Å². The van der Waals surface area contributed by atoms with Crippen molar-refractivity contribution in [2.24, 2.45) is 0 Å². The molecule has 0 radical (unpaired) electrons. The number of nitrogens with zero attached hydrogens (tertiary/aromatic N) is 2. The van der Waals surface area contributed by atoms with Crippen LogP contribution in [0.1, 0.15) is 31.7 Å². The molecule has 6 nitrogen and oxygen atoms in total. The number of halogens is 1. The zero-order chi connectivity index (χ0) is 19.5. The van der Waals surface area contributed by atoms with Crippen molar-refractivity contribution in [3.8, 4) is 17.6 Å². The molecule has 0 amide bonds. The van der Waals surface area contributed by atoms with Gasteiger partial charge in [0.1, 0.15) is 5.82 Å². The predicted molar refractivity (Wildman–Crippen MR) is 107 cm³/mol. The fraction of sp³-hybridized carbons (Fsp3) is 0.400. The third-order valence-corrected chi connectivity index (χ3v) is 3.69. The van der Waals surface area contributed by atoms with E-state index in [1.807, 2.05) is 7.05 Å². The summed E-state index contributed by atoms with van der Waals surface area (Å²) in [4.78, 5) is 8.84. The summed E-state index contributed by atoms with van der Waals surface area (Å²) >= 11 is 0. The second-order valence-electron chi connectivity index (χ2n) is 5.87. The molecule has 0 atom stereocenters. The van der Waals surface area contributed by atoms with E-state index < -0.39 is 5.82 Å². The third kappa shape index (κ3) is 6.42. The maximum atomic E-state index is 13.5. The van der Waals surface area contributed by atoms with Crippen LogP contribution in [0.15, 0.2) is 24.4 Å². The Labute approximate surface area is 160 Å². The Balaban J connectivity index is 2.17. The Kier molecular flexibility index (Phi) is 8.33. The van der Waals surface area contributed by atoms with Gasteiger partial charge in [-0.15, -0.1) is 0 Å². The number of hydrogen-bond acceptors (Lipinski definition) is 6. The average Bonchev–Trinajstić information content (AvgIpc) is 2.68. The molecule has 7 heteroatoms. The topological polar surface area (TPSA) is 71.1 Å². The lowest BCUT2D eigenvalue weighted by Crippen LogP contribution is -2.07. The highest BCUT2D eigenvalue weighted by molar-refractivity contribution is 5.60. The number of benzene rings is 1. The van der Waals surface area contributed by atoms with Gasteiger partial charge in [0, 0.05) is 24.7 Å². The largest absolute Gasteiger partial charge is 0.494 e. The molecule has 144 valence electrons. The van der Waals surface area contributed by atoms with Crippen LogP contribution in [0.2, 0.25) is 0 Å². The van der Waals surface area contributed by atoms with Crippen LogP contribution in [0.5, 0.6) is 5.75 Å². The van der Waals surface area contributed by atoms with Crippen LogP contribution in [0.4, 0.5) is 21.8 Å². The monoisotopic (exact) mass is 371 g/mol. The lowest BCUT2D eigenvalue weighted by atomic mass is 10.2. The molecule has 3 N–H and O–H groups in total. The number of nitrogens with one attached hydrogen (secondary N) is 3. The second-order valence-corrected chi connectivity index (χ2v) is 5.87. The van der Waals surface area contributed by atoms with Crippen LogP contribution in [-0.2, 0) is 0 Å². The number of ether oxygens (including phenoxy) is 1. The first-order chi connectivity index (χ1) is 13.2. The molecule has 1 aromatic heterocycles. The quantitative estimate of drug-likeness (QED) is 0.463. The summed E-state index contributed by atoms with van der Waals surface area (Å²) in [6.45, 7) is 3.81. The predicted octanol–water partition coefficient (Wildman–Crippen LogP) is 3.54. The van der Waals surface area contributed by atoms with Crippen LogP contribution < -0.4 is 20.7 Å². The van der Waals surface area contributed by atoms with E-state index in [2.05, 4.69) is 44.7 Å². The molecule has 0 saturated heterocycles. The first-order valence-electron chi connectivity index (χ1n) is 9.02. The second kappa shape index (κ2) is 11.0. The Morgan fingerprint density at radius 1 is 1.26 bits per heavy atom. The Morgan fingerprint density at radius 3 is 2.85 bits per heavy atom. The molecular formula is C20H26FN5O. The summed E-state index contributed by atoms with van der Waals surface area (Å²) in [5.74, 6) is 7.12. The minimum Gasteiger partial charge on any atom is -0.494 e. The highest BCUT2D eigenvalue weighted by atomic mass is 19.1. The molecule has 27 heavy (non-hydrogen) atoms. The Morgan fingerprint density at radius 2 is 2.11 bits per heavy atom. The Bertz CT molecular complexity index is 801. The average molecular weight is 371 g/mol. The minimum atomic E-state index is -0.418. The molecule has 0 saturated carbocycles. The van der Waals surface area contributed by atoms with E-state index >= 15 is 0 Å². The van der Waals surface area contributed by atoms with Crippen LogP contribution in [0.25, 0.3) is 0 Å². The van der Waals surface area contributed by atoms with Gasteiger partial charge in [0.2, 0.25) is 5.95 Å². The molecule has 0 aliphatic carbocycles. The number of aromatic nitrogens is 2. The number of hydrogen-bond donors (Lipinski definition) is 3. The van der Waals surface area contributed by atoms with Crippen LogP contribution in [-0.4, -0.2) is 37.2 Å². The van der Waals surface area contributed by atoms with Gasteiger partial charge in [-0.25, -0.2) is 9.37 Å². The molecule has 0 fully saturated rings. The maximum absolute atomic E-state index is 13.5. The fourth-order valence-electron chi connectivity index (χ4n) is 2.29. The van der Waals surface area contributed by atoms with Crippen LogP contribution in [0, 0.1) is 17.7 Å². The third-order valence-electron chi connectivity index (χ3n) is 3.69. The molecule has 0 bridgehead atoms. The van der Waals surface area contributed by atoms with Crippen molar-refractivity contribution >= 4 is 17.5 Å². The molecule has 0 unspecified atom stereocenters. The van der Waals surface area contributed by atoms with E-state index in [1.54, 1.807) is 18.3 Å². The van der Waals surface area contributed by atoms with Gasteiger partial charge in [0.05, 0.1) is 18.9 Å². The smallest absolute Gasteiger partial charge is 0.229 e. The van der Waals surface area contributed by atoms with Gasteiger partial charge in [-0.3, -0.25) is 0 Å². The molecule has 2 aromatic rings. The summed E-state index contributed by atoms with van der Waals surface area (Å²) in [6, 6.07) is 4.51. The first-order valence-corrected chi connectivity index (χ1v) is 9.02. The molecular weight excluding hydrogens is 345 g/mol. The van der Waals surface area contributed by atoms with Crippen molar-refractivity contribution in [1.29, 1.82) is 0 Å². The van der Waals surface area contributed by atoms with E-state index in [0.29, 0.717) is 17.5 Å². The van der Waals surface area contributed by atoms with E-state index in [-0.39, 0.29) is 5.75 Å². The van der Waals surface area contributed by atoms with Crippen LogP contribution in [0.3, 0.4) is 0 Å². The zero-order valence-corrected chi connectivity index (χ0v) is 16.0. The summed E-state index contributed by atoms with van der Waals surface area (Å²) in [5, 5.41) is 9.45. The normalized spacial score (nSPS) is 10.1. The fourth-order valence-corrected chi connectivity index (χ4v) is 2.29. The van der Waals surface area contributed by atoms with Crippen molar-refractivity contribution in [1.82, 2.24) is 15.3 Å². The van der Waals surface area contributed by atoms with Crippen molar-refractivity contribution in [3.63, 3.8) is 0 Å². The summed E-state index contributed by atoms with van der Waals surface area (Å²) in [7, 11) is 3.35. The van der Waals surface area contributed by atoms with E-state index in [1.165, 1.54) is 13.2 Å². The summed E-state index contributed by atoms with van der Waals surface area (Å²) in [5.41, 5.74) is 1.40. The lowest BCUT2D eigenvalue weighted by molar-refractivity contribution is 0.387. The highest BCUT2D eigenvalue weighted by Crippen LogP contribution is 2.24. The number of anilines is 3. The molecule has 0 aliphatic heterocycles.